The Bertz CT molecular complexity index is 524. The van der Waals surface area contributed by atoms with Crippen LogP contribution in [0.15, 0.2) is 18.2 Å². The zero-order chi connectivity index (χ0) is 14.0. The van der Waals surface area contributed by atoms with Crippen molar-refractivity contribution in [1.82, 2.24) is 5.32 Å². The number of carbonyl (C=O) groups is 2. The molecule has 2 N–H and O–H groups in total. The van der Waals surface area contributed by atoms with Crippen LogP contribution in [0.3, 0.4) is 0 Å². The number of amides is 2. The van der Waals surface area contributed by atoms with Crippen molar-refractivity contribution >= 4 is 17.5 Å². The van der Waals surface area contributed by atoms with Crippen LogP contribution in [0.25, 0.3) is 0 Å². The third-order valence-corrected chi connectivity index (χ3v) is 3.20. The van der Waals surface area contributed by atoms with Gasteiger partial charge in [0.1, 0.15) is 11.9 Å². The summed E-state index contributed by atoms with van der Waals surface area (Å²) < 4.78 is 13.6. The molecule has 0 radical (unpaired) electrons. The number of carbonyl (C=O) groups excluding carboxylic acids is 2. The second-order valence-corrected chi connectivity index (χ2v) is 5.04. The normalized spacial score (nSPS) is 19.5. The predicted molar refractivity (Wildman–Crippen MR) is 74.5 cm³/mol. The number of piperidine rings is 1. The fourth-order valence-corrected chi connectivity index (χ4v) is 2.11. The molecule has 106 valence electrons. The van der Waals surface area contributed by atoms with Crippen molar-refractivity contribution in [3.8, 4) is 0 Å². The smallest absolute Gasteiger partial charge is 0.249 e. The second-order valence-electron chi connectivity index (χ2n) is 5.04. The molecule has 1 atom stereocenters. The third-order valence-electron chi connectivity index (χ3n) is 3.20. The minimum atomic E-state index is -0.442. The quantitative estimate of drug-likeness (QED) is 0.829. The Kier molecular flexibility index (Phi) is 3.83. The molecule has 4 nitrogen and oxygen atoms in total. The third kappa shape index (κ3) is 3.10. The molecule has 0 saturated carbocycles. The molecule has 1 aliphatic rings. The molecule has 1 heterocycles. The molecule has 0 unspecified atom stereocenters. The largest absolute Gasteiger partial charge is 0.374 e. The monoisotopic (exact) mass is 268 g/mol. The molecule has 0 aromatic heterocycles. The van der Waals surface area contributed by atoms with E-state index >= 15 is 0 Å². The summed E-state index contributed by atoms with van der Waals surface area (Å²) in [6.07, 6.45) is 0.778. The van der Waals surface area contributed by atoms with E-state index in [4.69, 9.17) is 0 Å². The number of anilines is 1. The lowest BCUT2D eigenvalue weighted by molar-refractivity contribution is -0.133. The lowest BCUT2D eigenvalue weighted by Crippen LogP contribution is -2.47. The van der Waals surface area contributed by atoms with E-state index in [1.165, 1.54) is 6.07 Å². The highest BCUT2D eigenvalue weighted by atomic mass is 19.1. The van der Waals surface area contributed by atoms with Crippen LogP contribution in [-0.4, -0.2) is 17.9 Å². The number of halogens is 1. The van der Waals surface area contributed by atoms with Crippen LogP contribution in [0.2, 0.25) is 0 Å². The van der Waals surface area contributed by atoms with Crippen molar-refractivity contribution in [3.05, 3.63) is 29.6 Å². The maximum Gasteiger partial charge on any atom is 0.249 e. The summed E-state index contributed by atoms with van der Waals surface area (Å²) in [5, 5.41) is 5.33. The molecule has 1 aromatic carbocycles. The summed E-state index contributed by atoms with van der Waals surface area (Å²) >= 11 is 0. The summed E-state index contributed by atoms with van der Waals surface area (Å²) in [5.41, 5.74) is 1.30. The summed E-state index contributed by atoms with van der Waals surface area (Å²) in [5.74, 6) is -0.746. The van der Waals surface area contributed by atoms with Gasteiger partial charge in [-0.15, -0.1) is 0 Å². The van der Waals surface area contributed by atoms with Gasteiger partial charge in [-0.3, -0.25) is 14.9 Å². The van der Waals surface area contributed by atoms with Gasteiger partial charge in [0, 0.05) is 15.0 Å². The van der Waals surface area contributed by atoms with E-state index in [9.17, 15) is 14.0 Å². The Labute approximate surface area is 114 Å². The Morgan fingerprint density at radius 3 is 2.79 bits per heavy atom. The van der Waals surface area contributed by atoms with E-state index in [1.54, 1.807) is 12.1 Å². The molecule has 1 fully saturated rings. The fourth-order valence-electron chi connectivity index (χ4n) is 2.11. The molecule has 0 aliphatic carbocycles. The first-order valence-electron chi connectivity index (χ1n) is 6.37. The summed E-state index contributed by atoms with van der Waals surface area (Å²) in [6.45, 7) is 3.82. The highest BCUT2D eigenvalue weighted by molar-refractivity contribution is 6.01. The number of nitrogens with one attached hydrogen (secondary N) is 2. The van der Waals surface area contributed by atoms with Gasteiger partial charge in [-0.1, -0.05) is 13.8 Å². The predicted octanol–water partition coefficient (Wildman–Crippen LogP) is 2.66. The Balaban J connectivity index is 0.00000200. The maximum absolute atomic E-state index is 13.6. The van der Waals surface area contributed by atoms with Crippen LogP contribution >= 0.6 is 0 Å². The van der Waals surface area contributed by atoms with E-state index < -0.39 is 6.04 Å². The summed E-state index contributed by atoms with van der Waals surface area (Å²) in [7, 11) is 0. The van der Waals surface area contributed by atoms with Gasteiger partial charge < -0.3 is 5.32 Å². The Morgan fingerprint density at radius 1 is 1.42 bits per heavy atom. The minimum Gasteiger partial charge on any atom is -0.374 e. The van der Waals surface area contributed by atoms with Crippen molar-refractivity contribution in [1.29, 1.82) is 0 Å². The van der Waals surface area contributed by atoms with Gasteiger partial charge in [0.05, 0.1) is 0 Å². The molecular weight excluding hydrogens is 247 g/mol. The topological polar surface area (TPSA) is 58.2 Å². The summed E-state index contributed by atoms with van der Waals surface area (Å²) in [4.78, 5) is 22.7. The Hall–Kier alpha value is -1.91. The molecule has 1 aromatic rings. The van der Waals surface area contributed by atoms with Gasteiger partial charge in [-0.2, -0.15) is 0 Å². The minimum absolute atomic E-state index is 0. The van der Waals surface area contributed by atoms with E-state index in [1.807, 2.05) is 13.8 Å². The van der Waals surface area contributed by atoms with Crippen molar-refractivity contribution in [3.63, 3.8) is 0 Å². The average molecular weight is 268 g/mol. The van der Waals surface area contributed by atoms with Crippen molar-refractivity contribution < 1.29 is 16.8 Å². The second kappa shape index (κ2) is 5.38. The Morgan fingerprint density at radius 2 is 2.16 bits per heavy atom. The highest BCUT2D eigenvalue weighted by Crippen LogP contribution is 2.23. The number of imide groups is 1. The zero-order valence-corrected chi connectivity index (χ0v) is 11.0. The van der Waals surface area contributed by atoms with E-state index in [2.05, 4.69) is 10.6 Å². The molecule has 0 spiro atoms. The fraction of sp³-hybridized carbons (Fsp3) is 0.429. The first-order chi connectivity index (χ1) is 8.97. The van der Waals surface area contributed by atoms with Crippen LogP contribution in [0, 0.1) is 5.82 Å². The molecule has 0 bridgehead atoms. The SMILES string of the molecule is CC(C)c1cc(N[C@H]2CCC(=O)NC2=O)ccc1F.[HH].[HH]. The van der Waals surface area contributed by atoms with Crippen molar-refractivity contribution in [2.75, 3.05) is 5.32 Å². The van der Waals surface area contributed by atoms with Crippen LogP contribution < -0.4 is 10.6 Å². The number of hydrogen-bond acceptors (Lipinski definition) is 3. The van der Waals surface area contributed by atoms with Crippen LogP contribution in [0.1, 0.15) is 41.0 Å². The van der Waals surface area contributed by atoms with Gasteiger partial charge >= 0.3 is 0 Å². The van der Waals surface area contributed by atoms with Crippen molar-refractivity contribution in [2.45, 2.75) is 38.6 Å². The van der Waals surface area contributed by atoms with Crippen LogP contribution in [0.5, 0.6) is 0 Å². The molecule has 1 saturated heterocycles. The molecular formula is C14H21FN2O2. The summed E-state index contributed by atoms with van der Waals surface area (Å²) in [6, 6.07) is 4.27. The number of hydrogen-bond donors (Lipinski definition) is 2. The number of rotatable bonds is 3. The highest BCUT2D eigenvalue weighted by Gasteiger charge is 2.26. The molecule has 2 amide bonds. The zero-order valence-electron chi connectivity index (χ0n) is 11.0. The lowest BCUT2D eigenvalue weighted by atomic mass is 10.0. The van der Waals surface area contributed by atoms with E-state index in [0.717, 1.165) is 0 Å². The van der Waals surface area contributed by atoms with Gasteiger partial charge in [-0.05, 0) is 36.1 Å². The van der Waals surface area contributed by atoms with Crippen molar-refractivity contribution in [2.24, 2.45) is 0 Å². The maximum atomic E-state index is 13.6. The van der Waals surface area contributed by atoms with Gasteiger partial charge in [0.25, 0.3) is 0 Å². The van der Waals surface area contributed by atoms with Gasteiger partial charge in [0.2, 0.25) is 11.8 Å². The first-order valence-corrected chi connectivity index (χ1v) is 6.37. The molecule has 5 heteroatoms. The molecule has 19 heavy (non-hydrogen) atoms. The first kappa shape index (κ1) is 13.5. The molecule has 2 rings (SSSR count). The van der Waals surface area contributed by atoms with Gasteiger partial charge in [-0.25, -0.2) is 4.39 Å². The van der Waals surface area contributed by atoms with E-state index in [-0.39, 0.29) is 26.4 Å². The average Bonchev–Trinajstić information content (AvgIpc) is 2.34. The van der Waals surface area contributed by atoms with Crippen LogP contribution in [-0.2, 0) is 9.59 Å². The standard InChI is InChI=1S/C14H17FN2O2.2H2/c1-8(2)10-7-9(3-4-11(10)15)16-12-5-6-13(18)17-14(12)19;;/h3-4,7-8,12,16H,5-6H2,1-2H3,(H,17,18,19);2*1H/t12-;;/m0../s1. The van der Waals surface area contributed by atoms with Gasteiger partial charge in [0.15, 0.2) is 0 Å². The molecule has 1 aliphatic heterocycles. The number of benzene rings is 1. The van der Waals surface area contributed by atoms with E-state index in [0.29, 0.717) is 24.1 Å². The lowest BCUT2D eigenvalue weighted by Gasteiger charge is -2.23. The van der Waals surface area contributed by atoms with Crippen LogP contribution in [0.4, 0.5) is 10.1 Å².